The fourth-order valence-electron chi connectivity index (χ4n) is 2.19. The molecule has 1 saturated carbocycles. The number of nitro groups is 1. The van der Waals surface area contributed by atoms with Gasteiger partial charge in [0.25, 0.3) is 0 Å². The van der Waals surface area contributed by atoms with E-state index >= 15 is 0 Å². The van der Waals surface area contributed by atoms with E-state index in [1.54, 1.807) is 6.07 Å². The largest absolute Gasteiger partial charge is 0.393 e. The third kappa shape index (κ3) is 3.17. The quantitative estimate of drug-likeness (QED) is 0.631. The Labute approximate surface area is 110 Å². The van der Waals surface area contributed by atoms with E-state index in [9.17, 15) is 15.2 Å². The molecule has 0 spiro atoms. The van der Waals surface area contributed by atoms with E-state index in [-0.39, 0.29) is 23.5 Å². The van der Waals surface area contributed by atoms with Crippen molar-refractivity contribution in [1.82, 2.24) is 4.98 Å². The number of aliphatic hydroxyl groups is 1. The zero-order valence-electron chi connectivity index (χ0n) is 10.2. The highest BCUT2D eigenvalue weighted by atomic mass is 16.6. The second-order valence-corrected chi connectivity index (χ2v) is 4.58. The summed E-state index contributed by atoms with van der Waals surface area (Å²) in [5.41, 5.74) is -0.474. The molecule has 2 N–H and O–H groups in total. The molecule has 1 heterocycles. The summed E-state index contributed by atoms with van der Waals surface area (Å²) in [5, 5.41) is 32.1. The topological polar surface area (TPSA) is 112 Å². The standard InChI is InChI=1S/C12H14N4O3/c13-7-10-11(16(18)19)5-6-12(15-10)14-8-1-3-9(17)4-2-8/h5-6,8-9,17H,1-4H2,(H,14,15). The predicted octanol–water partition coefficient (Wildman–Crippen LogP) is 1.58. The van der Waals surface area contributed by atoms with Gasteiger partial charge in [-0.05, 0) is 31.7 Å². The lowest BCUT2D eigenvalue weighted by Crippen LogP contribution is -2.28. The summed E-state index contributed by atoms with van der Waals surface area (Å²) in [6.07, 6.45) is 2.87. The van der Waals surface area contributed by atoms with Crippen molar-refractivity contribution in [1.29, 1.82) is 5.26 Å². The number of hydrogen-bond donors (Lipinski definition) is 2. The van der Waals surface area contributed by atoms with Gasteiger partial charge in [-0.2, -0.15) is 5.26 Å². The van der Waals surface area contributed by atoms with Gasteiger partial charge in [-0.1, -0.05) is 0 Å². The lowest BCUT2D eigenvalue weighted by molar-refractivity contribution is -0.385. The molecule has 0 atom stereocenters. The number of aliphatic hydroxyl groups excluding tert-OH is 1. The number of nitrogens with one attached hydrogen (secondary N) is 1. The average Bonchev–Trinajstić information content (AvgIpc) is 2.41. The first-order chi connectivity index (χ1) is 9.10. The van der Waals surface area contributed by atoms with Crippen molar-refractivity contribution in [3.63, 3.8) is 0 Å². The van der Waals surface area contributed by atoms with E-state index in [0.717, 1.165) is 25.7 Å². The van der Waals surface area contributed by atoms with E-state index in [0.29, 0.717) is 5.82 Å². The number of nitriles is 1. The van der Waals surface area contributed by atoms with Crippen LogP contribution in [-0.4, -0.2) is 27.2 Å². The number of rotatable bonds is 3. The van der Waals surface area contributed by atoms with Crippen LogP contribution in [-0.2, 0) is 0 Å². The lowest BCUT2D eigenvalue weighted by atomic mass is 9.93. The third-order valence-corrected chi connectivity index (χ3v) is 3.23. The van der Waals surface area contributed by atoms with E-state index in [4.69, 9.17) is 5.26 Å². The minimum absolute atomic E-state index is 0.184. The molecule has 7 nitrogen and oxygen atoms in total. The number of aromatic nitrogens is 1. The predicted molar refractivity (Wildman–Crippen MR) is 67.5 cm³/mol. The van der Waals surface area contributed by atoms with Crippen molar-refractivity contribution in [3.05, 3.63) is 27.9 Å². The Morgan fingerprint density at radius 2 is 2.11 bits per heavy atom. The van der Waals surface area contributed by atoms with E-state index in [1.165, 1.54) is 12.1 Å². The average molecular weight is 262 g/mol. The molecule has 19 heavy (non-hydrogen) atoms. The molecule has 1 fully saturated rings. The first kappa shape index (κ1) is 13.2. The van der Waals surface area contributed by atoms with Crippen molar-refractivity contribution in [3.8, 4) is 6.07 Å². The number of hydrogen-bond acceptors (Lipinski definition) is 6. The van der Waals surface area contributed by atoms with Crippen LogP contribution >= 0.6 is 0 Å². The van der Waals surface area contributed by atoms with Gasteiger partial charge in [0.15, 0.2) is 0 Å². The third-order valence-electron chi connectivity index (χ3n) is 3.23. The van der Waals surface area contributed by atoms with Crippen LogP contribution in [0.1, 0.15) is 31.4 Å². The number of pyridine rings is 1. The molecule has 0 saturated heterocycles. The fourth-order valence-corrected chi connectivity index (χ4v) is 2.19. The van der Waals surface area contributed by atoms with Gasteiger partial charge in [-0.15, -0.1) is 0 Å². The van der Waals surface area contributed by atoms with Crippen molar-refractivity contribution < 1.29 is 10.0 Å². The Morgan fingerprint density at radius 3 is 2.68 bits per heavy atom. The molecule has 2 rings (SSSR count). The Kier molecular flexibility index (Phi) is 3.92. The smallest absolute Gasteiger partial charge is 0.305 e. The first-order valence-corrected chi connectivity index (χ1v) is 6.10. The monoisotopic (exact) mass is 262 g/mol. The highest BCUT2D eigenvalue weighted by molar-refractivity contribution is 5.50. The van der Waals surface area contributed by atoms with Crippen LogP contribution in [0.15, 0.2) is 12.1 Å². The molecule has 0 radical (unpaired) electrons. The summed E-state index contributed by atoms with van der Waals surface area (Å²) < 4.78 is 0. The minimum Gasteiger partial charge on any atom is -0.393 e. The zero-order valence-corrected chi connectivity index (χ0v) is 10.2. The van der Waals surface area contributed by atoms with Gasteiger partial charge in [0.1, 0.15) is 11.9 Å². The molecular weight excluding hydrogens is 248 g/mol. The van der Waals surface area contributed by atoms with Crippen LogP contribution in [0.2, 0.25) is 0 Å². The SMILES string of the molecule is N#Cc1nc(NC2CCC(O)CC2)ccc1[N+](=O)[O-]. The van der Waals surface area contributed by atoms with Gasteiger partial charge < -0.3 is 10.4 Å². The highest BCUT2D eigenvalue weighted by Crippen LogP contribution is 2.23. The van der Waals surface area contributed by atoms with E-state index in [2.05, 4.69) is 10.3 Å². The van der Waals surface area contributed by atoms with Gasteiger partial charge in [-0.3, -0.25) is 10.1 Å². The van der Waals surface area contributed by atoms with E-state index in [1.807, 2.05) is 0 Å². The molecule has 0 bridgehead atoms. The molecule has 1 aliphatic carbocycles. The van der Waals surface area contributed by atoms with Crippen molar-refractivity contribution in [2.75, 3.05) is 5.32 Å². The zero-order chi connectivity index (χ0) is 13.8. The van der Waals surface area contributed by atoms with Gasteiger partial charge in [-0.25, -0.2) is 4.98 Å². The maximum absolute atomic E-state index is 10.7. The molecule has 1 aromatic rings. The molecule has 0 amide bonds. The Hall–Kier alpha value is -2.20. The summed E-state index contributed by atoms with van der Waals surface area (Å²) >= 11 is 0. The molecule has 7 heteroatoms. The minimum atomic E-state index is -0.619. The molecule has 1 aliphatic rings. The summed E-state index contributed by atoms with van der Waals surface area (Å²) in [5.74, 6) is 0.462. The maximum atomic E-state index is 10.7. The lowest BCUT2D eigenvalue weighted by Gasteiger charge is -2.26. The Balaban J connectivity index is 2.09. The summed E-state index contributed by atoms with van der Waals surface area (Å²) in [6.45, 7) is 0. The second-order valence-electron chi connectivity index (χ2n) is 4.58. The molecule has 0 aliphatic heterocycles. The molecule has 100 valence electrons. The van der Waals surface area contributed by atoms with Crippen LogP contribution in [0, 0.1) is 21.4 Å². The van der Waals surface area contributed by atoms with Crippen LogP contribution in [0.4, 0.5) is 11.5 Å². The highest BCUT2D eigenvalue weighted by Gasteiger charge is 2.21. The first-order valence-electron chi connectivity index (χ1n) is 6.10. The van der Waals surface area contributed by atoms with E-state index < -0.39 is 4.92 Å². The molecular formula is C12H14N4O3. The molecule has 0 aromatic carbocycles. The van der Waals surface area contributed by atoms with Crippen LogP contribution in [0.25, 0.3) is 0 Å². The maximum Gasteiger partial charge on any atom is 0.305 e. The Bertz CT molecular complexity index is 518. The van der Waals surface area contributed by atoms with Gasteiger partial charge in [0.05, 0.1) is 11.0 Å². The van der Waals surface area contributed by atoms with Crippen LogP contribution < -0.4 is 5.32 Å². The summed E-state index contributed by atoms with van der Waals surface area (Å²) in [6, 6.07) is 4.70. The normalized spacial score (nSPS) is 22.5. The fraction of sp³-hybridized carbons (Fsp3) is 0.500. The number of anilines is 1. The van der Waals surface area contributed by atoms with Gasteiger partial charge in [0.2, 0.25) is 5.69 Å². The number of nitrogens with zero attached hydrogens (tertiary/aromatic N) is 3. The Morgan fingerprint density at radius 1 is 1.42 bits per heavy atom. The van der Waals surface area contributed by atoms with Crippen molar-refractivity contribution in [2.24, 2.45) is 0 Å². The summed E-state index contributed by atoms with van der Waals surface area (Å²) in [7, 11) is 0. The van der Waals surface area contributed by atoms with Gasteiger partial charge in [0, 0.05) is 12.1 Å². The molecule has 0 unspecified atom stereocenters. The summed E-state index contributed by atoms with van der Waals surface area (Å²) in [4.78, 5) is 14.0. The van der Waals surface area contributed by atoms with Crippen LogP contribution in [0.3, 0.4) is 0 Å². The molecule has 1 aromatic heterocycles. The van der Waals surface area contributed by atoms with Crippen LogP contribution in [0.5, 0.6) is 0 Å². The second kappa shape index (κ2) is 5.63. The van der Waals surface area contributed by atoms with Crippen molar-refractivity contribution >= 4 is 11.5 Å². The van der Waals surface area contributed by atoms with Crippen molar-refractivity contribution in [2.45, 2.75) is 37.8 Å². The van der Waals surface area contributed by atoms with Gasteiger partial charge >= 0.3 is 5.69 Å².